The van der Waals surface area contributed by atoms with Gasteiger partial charge in [0.2, 0.25) is 5.88 Å². The summed E-state index contributed by atoms with van der Waals surface area (Å²) in [6, 6.07) is 10.4. The molecule has 2 heterocycles. The molecule has 0 amide bonds. The third-order valence-electron chi connectivity index (χ3n) is 4.63. The molecule has 6 nitrogen and oxygen atoms in total. The lowest BCUT2D eigenvalue weighted by Gasteiger charge is -2.27. The molecule has 0 aliphatic carbocycles. The zero-order valence-corrected chi connectivity index (χ0v) is 14.5. The number of alkyl halides is 3. The topological polar surface area (TPSA) is 103 Å². The number of carboxylic acids is 1. The van der Waals surface area contributed by atoms with Crippen LogP contribution in [-0.2, 0) is 11.0 Å². The Hall–Kier alpha value is -3.75. The fraction of sp³-hybridized carbons (Fsp3) is 0.100. The normalized spacial score (nSPS) is 16.4. The van der Waals surface area contributed by atoms with E-state index in [1.807, 2.05) is 0 Å². The van der Waals surface area contributed by atoms with Gasteiger partial charge < -0.3 is 20.0 Å². The number of fused-ring (bicyclic) bond motifs is 3. The quantitative estimate of drug-likeness (QED) is 0.634. The number of para-hydroxylation sites is 1. The molecule has 1 aliphatic rings. The first-order valence-electron chi connectivity index (χ1n) is 8.32. The Morgan fingerprint density at radius 3 is 2.52 bits per heavy atom. The van der Waals surface area contributed by atoms with Crippen LogP contribution in [0.4, 0.5) is 13.2 Å². The second-order valence-corrected chi connectivity index (χ2v) is 6.37. The van der Waals surface area contributed by atoms with Crippen LogP contribution in [0.15, 0.2) is 69.2 Å². The van der Waals surface area contributed by atoms with Crippen LogP contribution in [0.1, 0.15) is 22.6 Å². The molecule has 1 aromatic heterocycles. The number of nitrogens with two attached hydrogens (primary N) is 1. The van der Waals surface area contributed by atoms with Crippen LogP contribution in [0.3, 0.4) is 0 Å². The molecule has 0 saturated carbocycles. The molecule has 29 heavy (non-hydrogen) atoms. The minimum absolute atomic E-state index is 0.0400. The molecule has 0 saturated heterocycles. The van der Waals surface area contributed by atoms with E-state index in [2.05, 4.69) is 0 Å². The zero-order valence-electron chi connectivity index (χ0n) is 14.5. The van der Waals surface area contributed by atoms with Crippen LogP contribution in [0.25, 0.3) is 11.0 Å². The van der Waals surface area contributed by atoms with Gasteiger partial charge >= 0.3 is 17.8 Å². The lowest BCUT2D eigenvalue weighted by atomic mass is 9.82. The Balaban J connectivity index is 2.06. The molecule has 148 valence electrons. The van der Waals surface area contributed by atoms with Crippen molar-refractivity contribution in [1.82, 2.24) is 0 Å². The van der Waals surface area contributed by atoms with Gasteiger partial charge in [0.15, 0.2) is 5.75 Å². The molecule has 0 fully saturated rings. The van der Waals surface area contributed by atoms with Gasteiger partial charge in [0.05, 0.1) is 22.4 Å². The highest BCUT2D eigenvalue weighted by atomic mass is 19.4. The van der Waals surface area contributed by atoms with E-state index < -0.39 is 40.7 Å². The number of carbonyl (C=O) groups is 1. The number of benzene rings is 2. The van der Waals surface area contributed by atoms with Crippen LogP contribution in [0.5, 0.6) is 5.75 Å². The van der Waals surface area contributed by atoms with E-state index in [0.29, 0.717) is 5.39 Å². The van der Waals surface area contributed by atoms with Crippen molar-refractivity contribution in [3.8, 4) is 5.75 Å². The molecule has 3 N–H and O–H groups in total. The molecule has 0 radical (unpaired) electrons. The first kappa shape index (κ1) is 18.6. The minimum atomic E-state index is -4.66. The van der Waals surface area contributed by atoms with Gasteiger partial charge in [-0.15, -0.1) is 0 Å². The molecular weight excluding hydrogens is 391 g/mol. The predicted octanol–water partition coefficient (Wildman–Crippen LogP) is 3.59. The van der Waals surface area contributed by atoms with Crippen molar-refractivity contribution in [3.05, 3.63) is 87.1 Å². The highest BCUT2D eigenvalue weighted by molar-refractivity contribution is 5.93. The zero-order chi connectivity index (χ0) is 20.9. The maximum atomic E-state index is 13.2. The van der Waals surface area contributed by atoms with Crippen molar-refractivity contribution >= 4 is 16.9 Å². The Bertz CT molecular complexity index is 1240. The molecule has 1 atom stereocenters. The largest absolute Gasteiger partial charge is 0.478 e. The van der Waals surface area contributed by atoms with Gasteiger partial charge in [-0.2, -0.15) is 13.2 Å². The lowest BCUT2D eigenvalue weighted by molar-refractivity contribution is -0.137. The number of ether oxygens (including phenoxy) is 1. The Labute approximate surface area is 160 Å². The molecule has 9 heteroatoms. The summed E-state index contributed by atoms with van der Waals surface area (Å²) < 4.78 is 50.3. The molecule has 1 aliphatic heterocycles. The number of hydrogen-bond acceptors (Lipinski definition) is 5. The molecule has 2 aromatic carbocycles. The number of rotatable bonds is 2. The maximum absolute atomic E-state index is 13.2. The monoisotopic (exact) mass is 403 g/mol. The van der Waals surface area contributed by atoms with E-state index in [0.717, 1.165) is 18.2 Å². The fourth-order valence-corrected chi connectivity index (χ4v) is 3.40. The average Bonchev–Trinajstić information content (AvgIpc) is 2.66. The van der Waals surface area contributed by atoms with Crippen LogP contribution in [-0.4, -0.2) is 11.1 Å². The van der Waals surface area contributed by atoms with Gasteiger partial charge in [-0.1, -0.05) is 30.3 Å². The standard InChI is InChI=1S/C20H12F3NO5/c21-20(22,23)10-5-3-4-9(8-10)13-14-16(29-17(24)15(13)18(25)26)11-6-1-2-7-12(11)28-19(14)27/h1-8,13H,24H2,(H,25,26). The second-order valence-electron chi connectivity index (χ2n) is 6.37. The van der Waals surface area contributed by atoms with Crippen molar-refractivity contribution in [3.63, 3.8) is 0 Å². The molecule has 3 aromatic rings. The van der Waals surface area contributed by atoms with Crippen molar-refractivity contribution in [2.24, 2.45) is 5.73 Å². The highest BCUT2D eigenvalue weighted by Gasteiger charge is 2.40. The van der Waals surface area contributed by atoms with E-state index >= 15 is 0 Å². The first-order chi connectivity index (χ1) is 13.7. The Morgan fingerprint density at radius 1 is 1.10 bits per heavy atom. The number of aliphatic carboxylic acids is 1. The Kier molecular flexibility index (Phi) is 4.11. The van der Waals surface area contributed by atoms with Crippen molar-refractivity contribution < 1.29 is 32.2 Å². The van der Waals surface area contributed by atoms with Crippen molar-refractivity contribution in [2.75, 3.05) is 0 Å². The fourth-order valence-electron chi connectivity index (χ4n) is 3.40. The number of carboxylic acid groups (broad SMARTS) is 1. The van der Waals surface area contributed by atoms with Crippen LogP contribution in [0, 0.1) is 0 Å². The van der Waals surface area contributed by atoms with Gasteiger partial charge in [0.25, 0.3) is 0 Å². The first-order valence-corrected chi connectivity index (χ1v) is 8.32. The summed E-state index contributed by atoms with van der Waals surface area (Å²) in [6.07, 6.45) is -4.66. The summed E-state index contributed by atoms with van der Waals surface area (Å²) in [4.78, 5) is 24.5. The van der Waals surface area contributed by atoms with Crippen LogP contribution >= 0.6 is 0 Å². The molecule has 1 unspecified atom stereocenters. The smallest absolute Gasteiger partial charge is 0.416 e. The summed E-state index contributed by atoms with van der Waals surface area (Å²) >= 11 is 0. The van der Waals surface area contributed by atoms with Crippen molar-refractivity contribution in [2.45, 2.75) is 12.1 Å². The SMILES string of the molecule is NC1=C(C(=O)O)C(c2cccc(C(F)(F)F)c2)c2c(c3ccccc3oc2=O)O1. The van der Waals surface area contributed by atoms with Gasteiger partial charge in [-0.3, -0.25) is 0 Å². The maximum Gasteiger partial charge on any atom is 0.416 e. The molecule has 0 spiro atoms. The van der Waals surface area contributed by atoms with E-state index in [4.69, 9.17) is 14.9 Å². The minimum Gasteiger partial charge on any atom is -0.478 e. The summed E-state index contributed by atoms with van der Waals surface area (Å²) in [5.41, 5.74) is 3.22. The van der Waals surface area contributed by atoms with E-state index in [1.165, 1.54) is 12.1 Å². The van der Waals surface area contributed by atoms with Crippen LogP contribution in [0.2, 0.25) is 0 Å². The predicted molar refractivity (Wildman–Crippen MR) is 95.2 cm³/mol. The number of halogens is 3. The highest BCUT2D eigenvalue weighted by Crippen LogP contribution is 2.44. The van der Waals surface area contributed by atoms with Gasteiger partial charge in [-0.25, -0.2) is 9.59 Å². The summed E-state index contributed by atoms with van der Waals surface area (Å²) in [6.45, 7) is 0. The third kappa shape index (κ3) is 3.00. The average molecular weight is 403 g/mol. The molecule has 4 rings (SSSR count). The number of hydrogen-bond donors (Lipinski definition) is 2. The lowest BCUT2D eigenvalue weighted by Crippen LogP contribution is -2.30. The van der Waals surface area contributed by atoms with Gasteiger partial charge in [0.1, 0.15) is 11.2 Å². The molecule has 0 bridgehead atoms. The van der Waals surface area contributed by atoms with E-state index in [-0.39, 0.29) is 22.5 Å². The summed E-state index contributed by atoms with van der Waals surface area (Å²) in [5.74, 6) is -3.48. The van der Waals surface area contributed by atoms with Gasteiger partial charge in [0, 0.05) is 0 Å². The third-order valence-corrected chi connectivity index (χ3v) is 4.63. The van der Waals surface area contributed by atoms with E-state index in [9.17, 15) is 27.9 Å². The molecular formula is C20H12F3NO5. The summed E-state index contributed by atoms with van der Waals surface area (Å²) in [7, 11) is 0. The Morgan fingerprint density at radius 2 is 1.83 bits per heavy atom. The van der Waals surface area contributed by atoms with Crippen molar-refractivity contribution in [1.29, 1.82) is 0 Å². The van der Waals surface area contributed by atoms with Crippen LogP contribution < -0.4 is 16.1 Å². The van der Waals surface area contributed by atoms with Gasteiger partial charge in [-0.05, 0) is 23.8 Å². The summed E-state index contributed by atoms with van der Waals surface area (Å²) in [5, 5.41) is 9.97. The van der Waals surface area contributed by atoms with E-state index in [1.54, 1.807) is 18.2 Å². The second kappa shape index (κ2) is 6.40.